The Morgan fingerprint density at radius 1 is 0.750 bits per heavy atom. The third-order valence-electron chi connectivity index (χ3n) is 7.45. The van der Waals surface area contributed by atoms with Crippen molar-refractivity contribution in [2.75, 3.05) is 14.2 Å². The maximum absolute atomic E-state index is 11.2. The first-order valence-corrected chi connectivity index (χ1v) is 14.6. The van der Waals surface area contributed by atoms with Gasteiger partial charge in [-0.25, -0.2) is 4.79 Å². The Labute approximate surface area is 258 Å². The van der Waals surface area contributed by atoms with Crippen LogP contribution in [0.5, 0.6) is 17.2 Å². The number of carboxylic acid groups (broad SMARTS) is 2. The van der Waals surface area contributed by atoms with Gasteiger partial charge in [0.15, 0.2) is 11.5 Å². The molecule has 4 aromatic carbocycles. The zero-order chi connectivity index (χ0) is 31.3. The molecule has 0 bridgehead atoms. The molecule has 228 valence electrons. The molecule has 0 saturated carbocycles. The molecule has 0 aliphatic carbocycles. The topological polar surface area (TPSA) is 102 Å². The Hall–Kier alpha value is -5.04. The number of allylic oxidation sites excluding steroid dienone is 1. The fourth-order valence-electron chi connectivity index (χ4n) is 4.99. The van der Waals surface area contributed by atoms with E-state index in [9.17, 15) is 14.7 Å². The Balaban J connectivity index is 1.43. The van der Waals surface area contributed by atoms with Crippen molar-refractivity contribution in [3.63, 3.8) is 0 Å². The van der Waals surface area contributed by atoms with Crippen molar-refractivity contribution in [2.24, 2.45) is 5.92 Å². The zero-order valence-electron chi connectivity index (χ0n) is 25.1. The van der Waals surface area contributed by atoms with E-state index in [4.69, 9.17) is 19.3 Å². The highest BCUT2D eigenvalue weighted by atomic mass is 16.5. The van der Waals surface area contributed by atoms with Crippen LogP contribution in [-0.4, -0.2) is 36.4 Å². The number of carboxylic acids is 2. The maximum atomic E-state index is 11.2. The lowest BCUT2D eigenvalue weighted by molar-refractivity contribution is -0.137. The van der Waals surface area contributed by atoms with E-state index in [1.807, 2.05) is 66.7 Å². The van der Waals surface area contributed by atoms with Gasteiger partial charge in [0.1, 0.15) is 12.4 Å². The number of hydrogen-bond donors (Lipinski definition) is 2. The van der Waals surface area contributed by atoms with E-state index in [0.717, 1.165) is 52.8 Å². The van der Waals surface area contributed by atoms with Gasteiger partial charge in [0.05, 0.1) is 19.8 Å². The number of methoxy groups -OCH3 is 2. The van der Waals surface area contributed by atoms with Crippen LogP contribution in [0.1, 0.15) is 52.7 Å². The van der Waals surface area contributed by atoms with E-state index in [0.29, 0.717) is 24.5 Å². The number of carbonyl (C=O) groups is 2. The molecule has 44 heavy (non-hydrogen) atoms. The minimum Gasteiger partial charge on any atom is -0.493 e. The standard InChI is InChI=1S/C37H38O7/c1-42-34-22-21-32(24-35(34)43-2)29-16-14-28(15-17-29)25-44-33-9-5-4-8-30(33)18-11-26(7-3-6-10-36(38)39)23-27-12-19-31(20-13-27)37(40)41/h4-5,8-9,11-22,24,26H,3,6-7,10,23,25H2,1-2H3,(H,38,39)(H,40,41)/b18-11+. The first kappa shape index (κ1) is 31.9. The molecule has 0 spiro atoms. The Morgan fingerprint density at radius 3 is 2.11 bits per heavy atom. The highest BCUT2D eigenvalue weighted by Crippen LogP contribution is 2.32. The van der Waals surface area contributed by atoms with E-state index in [-0.39, 0.29) is 17.9 Å². The number of rotatable bonds is 16. The van der Waals surface area contributed by atoms with Crippen molar-refractivity contribution in [1.29, 1.82) is 0 Å². The molecule has 0 saturated heterocycles. The van der Waals surface area contributed by atoms with Gasteiger partial charge in [0, 0.05) is 12.0 Å². The summed E-state index contributed by atoms with van der Waals surface area (Å²) in [5, 5.41) is 18.2. The van der Waals surface area contributed by atoms with Crippen LogP contribution in [0.4, 0.5) is 0 Å². The quantitative estimate of drug-likeness (QED) is 0.126. The summed E-state index contributed by atoms with van der Waals surface area (Å²) in [5.74, 6) is 0.545. The first-order chi connectivity index (χ1) is 21.4. The Morgan fingerprint density at radius 2 is 1.43 bits per heavy atom. The lowest BCUT2D eigenvalue weighted by Gasteiger charge is -2.14. The number of benzene rings is 4. The predicted octanol–water partition coefficient (Wildman–Crippen LogP) is 8.17. The van der Waals surface area contributed by atoms with Crippen LogP contribution < -0.4 is 14.2 Å². The van der Waals surface area contributed by atoms with Gasteiger partial charge >= 0.3 is 11.9 Å². The summed E-state index contributed by atoms with van der Waals surface area (Å²) in [5.41, 5.74) is 5.36. The number of aromatic carboxylic acids is 1. The van der Waals surface area contributed by atoms with Crippen LogP contribution in [0.3, 0.4) is 0 Å². The third-order valence-corrected chi connectivity index (χ3v) is 7.45. The lowest BCUT2D eigenvalue weighted by atomic mass is 9.92. The molecule has 0 radical (unpaired) electrons. The van der Waals surface area contributed by atoms with Crippen LogP contribution in [0.25, 0.3) is 17.2 Å². The van der Waals surface area contributed by atoms with Crippen molar-refractivity contribution < 1.29 is 34.0 Å². The van der Waals surface area contributed by atoms with Crippen LogP contribution in [-0.2, 0) is 17.8 Å². The molecule has 2 N–H and O–H groups in total. The summed E-state index contributed by atoms with van der Waals surface area (Å²) in [6.07, 6.45) is 7.29. The van der Waals surface area contributed by atoms with Gasteiger partial charge in [0.2, 0.25) is 0 Å². The molecule has 4 aromatic rings. The van der Waals surface area contributed by atoms with Gasteiger partial charge < -0.3 is 24.4 Å². The summed E-state index contributed by atoms with van der Waals surface area (Å²) >= 11 is 0. The van der Waals surface area contributed by atoms with Crippen molar-refractivity contribution in [2.45, 2.75) is 38.7 Å². The molecule has 1 unspecified atom stereocenters. The fraction of sp³-hybridized carbons (Fsp3) is 0.243. The second kappa shape index (κ2) is 16.0. The minimum atomic E-state index is -0.952. The van der Waals surface area contributed by atoms with Gasteiger partial charge in [-0.3, -0.25) is 4.79 Å². The summed E-state index contributed by atoms with van der Waals surface area (Å²) in [7, 11) is 3.24. The second-order valence-corrected chi connectivity index (χ2v) is 10.6. The summed E-state index contributed by atoms with van der Waals surface area (Å²) < 4.78 is 17.0. The predicted molar refractivity (Wildman–Crippen MR) is 171 cm³/mol. The number of ether oxygens (including phenoxy) is 3. The monoisotopic (exact) mass is 594 g/mol. The number of aliphatic carboxylic acids is 1. The van der Waals surface area contributed by atoms with E-state index < -0.39 is 11.9 Å². The van der Waals surface area contributed by atoms with Gasteiger partial charge in [-0.05, 0) is 77.8 Å². The molecule has 0 aliphatic rings. The molecule has 4 rings (SSSR count). The number of hydrogen-bond acceptors (Lipinski definition) is 5. The molecule has 0 heterocycles. The van der Waals surface area contributed by atoms with E-state index in [1.165, 1.54) is 0 Å². The van der Waals surface area contributed by atoms with Crippen LogP contribution in [0.15, 0.2) is 97.1 Å². The Kier molecular flexibility index (Phi) is 11.6. The molecule has 0 fully saturated rings. The first-order valence-electron chi connectivity index (χ1n) is 14.6. The fourth-order valence-corrected chi connectivity index (χ4v) is 4.99. The highest BCUT2D eigenvalue weighted by molar-refractivity contribution is 5.87. The van der Waals surface area contributed by atoms with E-state index in [2.05, 4.69) is 24.3 Å². The average molecular weight is 595 g/mol. The number of para-hydroxylation sites is 1. The minimum absolute atomic E-state index is 0.148. The van der Waals surface area contributed by atoms with Crippen molar-refractivity contribution >= 4 is 18.0 Å². The zero-order valence-corrected chi connectivity index (χ0v) is 25.1. The molecule has 1 atom stereocenters. The molecule has 0 aliphatic heterocycles. The summed E-state index contributed by atoms with van der Waals surface area (Å²) in [6.45, 7) is 0.408. The summed E-state index contributed by atoms with van der Waals surface area (Å²) in [6, 6.07) is 28.9. The van der Waals surface area contributed by atoms with Crippen molar-refractivity contribution in [3.05, 3.63) is 119 Å². The molecule has 7 nitrogen and oxygen atoms in total. The molecular formula is C37H38O7. The third kappa shape index (κ3) is 9.23. The van der Waals surface area contributed by atoms with Gasteiger partial charge in [0.25, 0.3) is 0 Å². The van der Waals surface area contributed by atoms with Gasteiger partial charge in [-0.1, -0.05) is 79.2 Å². The largest absolute Gasteiger partial charge is 0.493 e. The van der Waals surface area contributed by atoms with Crippen LogP contribution in [0, 0.1) is 5.92 Å². The molecular weight excluding hydrogens is 556 g/mol. The smallest absolute Gasteiger partial charge is 0.335 e. The van der Waals surface area contributed by atoms with Gasteiger partial charge in [-0.15, -0.1) is 0 Å². The second-order valence-electron chi connectivity index (χ2n) is 10.6. The van der Waals surface area contributed by atoms with Crippen LogP contribution in [0.2, 0.25) is 0 Å². The number of unbranched alkanes of at least 4 members (excludes halogenated alkanes) is 1. The summed E-state index contributed by atoms with van der Waals surface area (Å²) in [4.78, 5) is 22.2. The normalized spacial score (nSPS) is 11.7. The lowest BCUT2D eigenvalue weighted by Crippen LogP contribution is -2.04. The highest BCUT2D eigenvalue weighted by Gasteiger charge is 2.11. The maximum Gasteiger partial charge on any atom is 0.335 e. The van der Waals surface area contributed by atoms with Crippen molar-refractivity contribution in [1.82, 2.24) is 0 Å². The van der Waals surface area contributed by atoms with Gasteiger partial charge in [-0.2, -0.15) is 0 Å². The van der Waals surface area contributed by atoms with E-state index in [1.54, 1.807) is 26.4 Å². The van der Waals surface area contributed by atoms with Crippen LogP contribution >= 0.6 is 0 Å². The van der Waals surface area contributed by atoms with E-state index >= 15 is 0 Å². The molecule has 7 heteroatoms. The molecule has 0 aromatic heterocycles. The average Bonchev–Trinajstić information content (AvgIpc) is 3.04. The SMILES string of the molecule is COc1ccc(-c2ccc(COc3ccccc3/C=C/C(CCCCC(=O)O)Cc3ccc(C(=O)O)cc3)cc2)cc1OC. The van der Waals surface area contributed by atoms with Crippen molar-refractivity contribution in [3.8, 4) is 28.4 Å². The Bertz CT molecular complexity index is 1560. The molecule has 0 amide bonds.